The van der Waals surface area contributed by atoms with E-state index in [9.17, 15) is 9.59 Å². The molecule has 4 rings (SSSR count). The predicted molar refractivity (Wildman–Crippen MR) is 118 cm³/mol. The van der Waals surface area contributed by atoms with Crippen molar-refractivity contribution in [2.45, 2.75) is 44.6 Å². The molecular formula is C25H30N2O3. The topological polar surface area (TPSA) is 49.9 Å². The Hall–Kier alpha value is -2.66. The summed E-state index contributed by atoms with van der Waals surface area (Å²) in [5, 5.41) is 0. The molecule has 0 radical (unpaired) electrons. The molecule has 0 aromatic heterocycles. The van der Waals surface area contributed by atoms with Gasteiger partial charge in [-0.1, -0.05) is 48.5 Å². The van der Waals surface area contributed by atoms with Crippen LogP contribution in [0.1, 0.15) is 37.8 Å². The lowest BCUT2D eigenvalue weighted by Gasteiger charge is -2.40. The average molecular weight is 407 g/mol. The molecule has 2 aromatic carbocycles. The first-order valence-electron chi connectivity index (χ1n) is 10.9. The van der Waals surface area contributed by atoms with E-state index in [1.807, 2.05) is 60.4 Å². The maximum atomic E-state index is 13.1. The van der Waals surface area contributed by atoms with Crippen LogP contribution in [0.5, 0.6) is 0 Å². The molecule has 2 aromatic rings. The first-order valence-corrected chi connectivity index (χ1v) is 10.9. The van der Waals surface area contributed by atoms with Crippen LogP contribution in [-0.4, -0.2) is 49.1 Å². The molecule has 2 heterocycles. The van der Waals surface area contributed by atoms with E-state index >= 15 is 0 Å². The lowest BCUT2D eigenvalue weighted by atomic mass is 9.72. The molecule has 0 unspecified atom stereocenters. The van der Waals surface area contributed by atoms with Crippen molar-refractivity contribution in [1.82, 2.24) is 4.90 Å². The van der Waals surface area contributed by atoms with Gasteiger partial charge in [0.15, 0.2) is 0 Å². The molecule has 30 heavy (non-hydrogen) atoms. The number of rotatable bonds is 5. The van der Waals surface area contributed by atoms with Gasteiger partial charge < -0.3 is 9.64 Å². The molecule has 1 fully saturated rings. The Balaban J connectivity index is 1.46. The van der Waals surface area contributed by atoms with Gasteiger partial charge in [-0.15, -0.1) is 0 Å². The molecule has 1 amide bonds. The maximum Gasteiger partial charge on any atom is 0.316 e. The molecule has 0 bridgehead atoms. The van der Waals surface area contributed by atoms with Crippen molar-refractivity contribution in [2.75, 3.05) is 31.1 Å². The molecule has 158 valence electrons. The zero-order chi connectivity index (χ0) is 21.1. The minimum atomic E-state index is -0.621. The SMILES string of the molecule is CCOC(=O)C1(c2ccccc2)CCN(CC(=O)N2c3ccccc3C[C@H]2C)CC1. The number of nitrogens with zero attached hydrogens (tertiary/aromatic N) is 2. The van der Waals surface area contributed by atoms with Gasteiger partial charge in [0.05, 0.1) is 18.6 Å². The zero-order valence-corrected chi connectivity index (χ0v) is 17.8. The normalized spacial score (nSPS) is 20.6. The summed E-state index contributed by atoms with van der Waals surface area (Å²) in [5.74, 6) is -0.0138. The van der Waals surface area contributed by atoms with Crippen LogP contribution in [0.4, 0.5) is 5.69 Å². The van der Waals surface area contributed by atoms with Gasteiger partial charge in [0.25, 0.3) is 0 Å². The number of ether oxygens (including phenoxy) is 1. The number of para-hydroxylation sites is 1. The predicted octanol–water partition coefficient (Wildman–Crippen LogP) is 3.56. The van der Waals surface area contributed by atoms with Crippen LogP contribution < -0.4 is 4.90 Å². The number of amides is 1. The van der Waals surface area contributed by atoms with Crippen molar-refractivity contribution in [1.29, 1.82) is 0 Å². The number of likely N-dealkylation sites (tertiary alicyclic amines) is 1. The average Bonchev–Trinajstić information content (AvgIpc) is 3.11. The van der Waals surface area contributed by atoms with Crippen molar-refractivity contribution < 1.29 is 14.3 Å². The molecule has 0 aliphatic carbocycles. The summed E-state index contributed by atoms with van der Waals surface area (Å²) in [6.45, 7) is 6.11. The van der Waals surface area contributed by atoms with Gasteiger partial charge in [0.1, 0.15) is 0 Å². The second kappa shape index (κ2) is 8.60. The Morgan fingerprint density at radius 1 is 1.03 bits per heavy atom. The van der Waals surface area contributed by atoms with Crippen LogP contribution in [-0.2, 0) is 26.2 Å². The molecule has 2 aliphatic rings. The zero-order valence-electron chi connectivity index (χ0n) is 17.8. The van der Waals surface area contributed by atoms with E-state index in [0.717, 1.165) is 17.7 Å². The highest BCUT2D eigenvalue weighted by Crippen LogP contribution is 2.37. The first-order chi connectivity index (χ1) is 14.5. The summed E-state index contributed by atoms with van der Waals surface area (Å²) in [6, 6.07) is 18.3. The van der Waals surface area contributed by atoms with Crippen LogP contribution in [0.3, 0.4) is 0 Å². The molecule has 0 saturated carbocycles. The minimum Gasteiger partial charge on any atom is -0.465 e. The van der Waals surface area contributed by atoms with E-state index in [0.29, 0.717) is 39.1 Å². The van der Waals surface area contributed by atoms with Crippen LogP contribution in [0.15, 0.2) is 54.6 Å². The minimum absolute atomic E-state index is 0.135. The van der Waals surface area contributed by atoms with E-state index in [-0.39, 0.29) is 17.9 Å². The third-order valence-corrected chi connectivity index (χ3v) is 6.54. The molecule has 0 spiro atoms. The van der Waals surface area contributed by atoms with Crippen LogP contribution in [0.25, 0.3) is 0 Å². The van der Waals surface area contributed by atoms with Gasteiger partial charge in [-0.25, -0.2) is 0 Å². The van der Waals surface area contributed by atoms with Crippen LogP contribution in [0.2, 0.25) is 0 Å². The molecule has 5 nitrogen and oxygen atoms in total. The van der Waals surface area contributed by atoms with E-state index < -0.39 is 5.41 Å². The Kier molecular flexibility index (Phi) is 5.91. The van der Waals surface area contributed by atoms with E-state index in [2.05, 4.69) is 17.9 Å². The fourth-order valence-electron chi connectivity index (χ4n) is 4.94. The number of piperidine rings is 1. The summed E-state index contributed by atoms with van der Waals surface area (Å²) in [4.78, 5) is 30.2. The number of hydrogen-bond donors (Lipinski definition) is 0. The monoisotopic (exact) mass is 406 g/mol. The lowest BCUT2D eigenvalue weighted by molar-refractivity contribution is -0.152. The molecule has 5 heteroatoms. The number of carbonyl (C=O) groups is 2. The van der Waals surface area contributed by atoms with Gasteiger partial charge in [0, 0.05) is 24.8 Å². The van der Waals surface area contributed by atoms with E-state index in [4.69, 9.17) is 4.74 Å². The Morgan fingerprint density at radius 3 is 2.40 bits per heavy atom. The van der Waals surface area contributed by atoms with E-state index in [1.54, 1.807) is 0 Å². The smallest absolute Gasteiger partial charge is 0.316 e. The van der Waals surface area contributed by atoms with Gasteiger partial charge >= 0.3 is 5.97 Å². The Bertz CT molecular complexity index is 904. The summed E-state index contributed by atoms with van der Waals surface area (Å²) in [5.41, 5.74) is 2.67. The van der Waals surface area contributed by atoms with Gasteiger partial charge in [-0.2, -0.15) is 0 Å². The third kappa shape index (κ3) is 3.74. The standard InChI is InChI=1S/C25H30N2O3/c1-3-30-24(29)25(21-10-5-4-6-11-21)13-15-26(16-14-25)18-23(28)27-19(2)17-20-9-7-8-12-22(20)27/h4-12,19H,3,13-18H2,1-2H3/t19-/m1/s1. The van der Waals surface area contributed by atoms with Crippen molar-refractivity contribution in [3.8, 4) is 0 Å². The molecule has 1 saturated heterocycles. The molecular weight excluding hydrogens is 376 g/mol. The highest BCUT2D eigenvalue weighted by Gasteiger charge is 2.44. The Labute approximate surface area is 178 Å². The number of fused-ring (bicyclic) bond motifs is 1. The van der Waals surface area contributed by atoms with Crippen molar-refractivity contribution >= 4 is 17.6 Å². The largest absolute Gasteiger partial charge is 0.465 e. The van der Waals surface area contributed by atoms with E-state index in [1.165, 1.54) is 5.56 Å². The molecule has 0 N–H and O–H groups in total. The van der Waals surface area contributed by atoms with Gasteiger partial charge in [0.2, 0.25) is 5.91 Å². The van der Waals surface area contributed by atoms with Crippen molar-refractivity contribution in [3.05, 3.63) is 65.7 Å². The molecule has 2 aliphatic heterocycles. The quantitative estimate of drug-likeness (QED) is 0.713. The number of hydrogen-bond acceptors (Lipinski definition) is 4. The number of benzene rings is 2. The Morgan fingerprint density at radius 2 is 1.70 bits per heavy atom. The summed E-state index contributed by atoms with van der Waals surface area (Å²) in [6.07, 6.45) is 2.23. The van der Waals surface area contributed by atoms with Crippen molar-refractivity contribution in [2.24, 2.45) is 0 Å². The maximum absolute atomic E-state index is 13.1. The van der Waals surface area contributed by atoms with Crippen molar-refractivity contribution in [3.63, 3.8) is 0 Å². The molecule has 1 atom stereocenters. The second-order valence-electron chi connectivity index (χ2n) is 8.39. The number of carbonyl (C=O) groups excluding carboxylic acids is 2. The summed E-state index contributed by atoms with van der Waals surface area (Å²) < 4.78 is 5.46. The van der Waals surface area contributed by atoms with Gasteiger partial charge in [-0.05, 0) is 50.3 Å². The van der Waals surface area contributed by atoms with Crippen LogP contribution in [0, 0.1) is 0 Å². The highest BCUT2D eigenvalue weighted by atomic mass is 16.5. The van der Waals surface area contributed by atoms with Gasteiger partial charge in [-0.3, -0.25) is 14.5 Å². The highest BCUT2D eigenvalue weighted by molar-refractivity contribution is 5.97. The number of anilines is 1. The lowest BCUT2D eigenvalue weighted by Crippen LogP contribution is -2.51. The fraction of sp³-hybridized carbons (Fsp3) is 0.440. The number of esters is 1. The first kappa shape index (κ1) is 20.6. The van der Waals surface area contributed by atoms with Crippen LogP contribution >= 0.6 is 0 Å². The summed E-state index contributed by atoms with van der Waals surface area (Å²) >= 11 is 0. The second-order valence-corrected chi connectivity index (χ2v) is 8.39. The third-order valence-electron chi connectivity index (χ3n) is 6.54. The summed E-state index contributed by atoms with van der Waals surface area (Å²) in [7, 11) is 0. The fourth-order valence-corrected chi connectivity index (χ4v) is 4.94.